The van der Waals surface area contributed by atoms with E-state index in [4.69, 9.17) is 0 Å². The molecule has 1 heterocycles. The highest BCUT2D eigenvalue weighted by Gasteiger charge is 2.09. The number of rotatable bonds is 8. The van der Waals surface area contributed by atoms with Crippen molar-refractivity contribution in [2.24, 2.45) is 5.10 Å². The number of carbonyl (C=O) groups excluding carboxylic acids is 1. The maximum Gasteiger partial charge on any atom is 0.250 e. The Morgan fingerprint density at radius 3 is 2.62 bits per heavy atom. The van der Waals surface area contributed by atoms with Crippen molar-refractivity contribution in [3.05, 3.63) is 71.8 Å². The summed E-state index contributed by atoms with van der Waals surface area (Å²) in [5, 5.41) is 33.4. The maximum atomic E-state index is 12.0. The fourth-order valence-corrected chi connectivity index (χ4v) is 5.65. The van der Waals surface area contributed by atoms with Gasteiger partial charge in [0.05, 0.1) is 12.0 Å². The molecule has 0 spiro atoms. The van der Waals surface area contributed by atoms with Crippen LogP contribution in [-0.4, -0.2) is 38.3 Å². The number of carbonyl (C=O) groups is 1. The lowest BCUT2D eigenvalue weighted by molar-refractivity contribution is -0.118. The minimum Gasteiger partial charge on any atom is -0.504 e. The molecule has 0 aliphatic heterocycles. The topological polar surface area (TPSA) is 108 Å². The molecule has 0 bridgehead atoms. The van der Waals surface area contributed by atoms with Gasteiger partial charge >= 0.3 is 0 Å². The Kier molecular flexibility index (Phi) is 7.25. The highest BCUT2D eigenvalue weighted by atomic mass is 32.2. The summed E-state index contributed by atoms with van der Waals surface area (Å²) in [6.45, 7) is 0. The molecular weight excluding hydrogens is 464 g/mol. The van der Waals surface area contributed by atoms with Gasteiger partial charge < -0.3 is 10.2 Å². The van der Waals surface area contributed by atoms with Gasteiger partial charge in [-0.2, -0.15) is 5.10 Å². The van der Waals surface area contributed by atoms with Crippen molar-refractivity contribution in [2.75, 3.05) is 5.75 Å². The Balaban J connectivity index is 1.25. The van der Waals surface area contributed by atoms with Gasteiger partial charge in [0.15, 0.2) is 20.2 Å². The zero-order valence-electron chi connectivity index (χ0n) is 16.6. The lowest BCUT2D eigenvalue weighted by atomic mass is 10.1. The summed E-state index contributed by atoms with van der Waals surface area (Å²) in [7, 11) is 0. The zero-order valence-corrected chi connectivity index (χ0v) is 19.1. The summed E-state index contributed by atoms with van der Waals surface area (Å²) in [6, 6.07) is 18.8. The lowest BCUT2D eigenvalue weighted by Crippen LogP contribution is -2.19. The molecule has 0 aliphatic carbocycles. The van der Waals surface area contributed by atoms with E-state index in [0.717, 1.165) is 10.1 Å². The van der Waals surface area contributed by atoms with E-state index < -0.39 is 0 Å². The Morgan fingerprint density at radius 1 is 1.00 bits per heavy atom. The fraction of sp³-hybridized carbons (Fsp3) is 0.0909. The van der Waals surface area contributed by atoms with Gasteiger partial charge in [-0.1, -0.05) is 77.3 Å². The fourth-order valence-electron chi connectivity index (χ4n) is 2.83. The van der Waals surface area contributed by atoms with E-state index in [1.54, 1.807) is 17.8 Å². The van der Waals surface area contributed by atoms with Crippen molar-refractivity contribution >= 4 is 57.8 Å². The van der Waals surface area contributed by atoms with Crippen LogP contribution in [0, 0.1) is 0 Å². The molecule has 10 heteroatoms. The van der Waals surface area contributed by atoms with Crippen molar-refractivity contribution in [3.63, 3.8) is 0 Å². The number of hydrogen-bond donors (Lipinski definition) is 3. The molecule has 1 amide bonds. The average Bonchev–Trinajstić information content (AvgIpc) is 3.26. The van der Waals surface area contributed by atoms with Crippen molar-refractivity contribution in [3.8, 4) is 11.5 Å². The molecule has 0 aliphatic rings. The van der Waals surface area contributed by atoms with E-state index in [1.807, 2.05) is 12.1 Å². The van der Waals surface area contributed by atoms with Crippen LogP contribution in [-0.2, 0) is 10.5 Å². The van der Waals surface area contributed by atoms with Crippen LogP contribution < -0.4 is 5.43 Å². The molecule has 162 valence electrons. The predicted octanol–water partition coefficient (Wildman–Crippen LogP) is 4.64. The number of aromatic nitrogens is 2. The van der Waals surface area contributed by atoms with E-state index in [9.17, 15) is 15.0 Å². The molecule has 3 aromatic carbocycles. The first-order chi connectivity index (χ1) is 15.6. The smallest absolute Gasteiger partial charge is 0.250 e. The van der Waals surface area contributed by atoms with Crippen molar-refractivity contribution in [1.82, 2.24) is 15.6 Å². The highest BCUT2D eigenvalue weighted by molar-refractivity contribution is 8.03. The van der Waals surface area contributed by atoms with Crippen molar-refractivity contribution < 1.29 is 15.0 Å². The Hall–Kier alpha value is -3.08. The van der Waals surface area contributed by atoms with E-state index >= 15 is 0 Å². The highest BCUT2D eigenvalue weighted by Crippen LogP contribution is 2.32. The first-order valence-corrected chi connectivity index (χ1v) is 12.3. The first-order valence-electron chi connectivity index (χ1n) is 9.48. The molecule has 7 nitrogen and oxygen atoms in total. The molecular formula is C22H18N4O3S3. The first kappa shape index (κ1) is 22.1. The van der Waals surface area contributed by atoms with Crippen LogP contribution in [0.2, 0.25) is 0 Å². The standard InChI is InChI=1S/C22H18N4O3S3/c27-18-9-8-14(10-19(18)28)11-23-24-20(29)13-31-22-26-25-21(32-22)30-12-16-6-3-5-15-4-1-2-7-17(15)16/h1-11,27-28H,12-13H2,(H,24,29)/b23-11+. The minimum atomic E-state index is -0.283. The Labute approximate surface area is 196 Å². The number of hydrazone groups is 1. The predicted molar refractivity (Wildman–Crippen MR) is 130 cm³/mol. The van der Waals surface area contributed by atoms with E-state index in [2.05, 4.69) is 51.1 Å². The number of fused-ring (bicyclic) bond motifs is 1. The lowest BCUT2D eigenvalue weighted by Gasteiger charge is -2.04. The minimum absolute atomic E-state index is 0.154. The Morgan fingerprint density at radius 2 is 1.78 bits per heavy atom. The van der Waals surface area contributed by atoms with E-state index in [0.29, 0.717) is 9.90 Å². The van der Waals surface area contributed by atoms with Crippen LogP contribution in [0.4, 0.5) is 0 Å². The molecule has 0 atom stereocenters. The van der Waals surface area contributed by atoms with E-state index in [-0.39, 0.29) is 23.2 Å². The van der Waals surface area contributed by atoms with Gasteiger partial charge in [0.25, 0.3) is 5.91 Å². The third-order valence-electron chi connectivity index (χ3n) is 4.35. The summed E-state index contributed by atoms with van der Waals surface area (Å²) < 4.78 is 1.57. The summed E-state index contributed by atoms with van der Waals surface area (Å²) in [6.07, 6.45) is 1.38. The quantitative estimate of drug-likeness (QED) is 0.145. The molecule has 0 radical (unpaired) electrons. The van der Waals surface area contributed by atoms with Crippen molar-refractivity contribution in [1.29, 1.82) is 0 Å². The average molecular weight is 483 g/mol. The largest absolute Gasteiger partial charge is 0.504 e. The van der Waals surface area contributed by atoms with Gasteiger partial charge in [-0.15, -0.1) is 10.2 Å². The van der Waals surface area contributed by atoms with Crippen LogP contribution >= 0.6 is 34.9 Å². The molecule has 1 aromatic heterocycles. The van der Waals surface area contributed by atoms with Crippen LogP contribution in [0.1, 0.15) is 11.1 Å². The molecule has 0 saturated heterocycles. The zero-order chi connectivity index (χ0) is 22.3. The Bertz CT molecular complexity index is 1270. The number of nitrogens with zero attached hydrogens (tertiary/aromatic N) is 3. The summed E-state index contributed by atoms with van der Waals surface area (Å²) in [5.41, 5.74) is 4.22. The van der Waals surface area contributed by atoms with Gasteiger partial charge in [0.1, 0.15) is 0 Å². The van der Waals surface area contributed by atoms with Gasteiger partial charge in [0, 0.05) is 5.75 Å². The number of aromatic hydroxyl groups is 2. The molecule has 3 N–H and O–H groups in total. The monoisotopic (exact) mass is 482 g/mol. The van der Waals surface area contributed by atoms with Gasteiger partial charge in [-0.3, -0.25) is 4.79 Å². The number of phenolic OH excluding ortho intramolecular Hbond substituents is 2. The second-order valence-electron chi connectivity index (χ2n) is 6.59. The van der Waals surface area contributed by atoms with Gasteiger partial charge in [0.2, 0.25) is 0 Å². The molecule has 32 heavy (non-hydrogen) atoms. The second kappa shape index (κ2) is 10.5. The third-order valence-corrected chi connectivity index (χ3v) is 7.59. The van der Waals surface area contributed by atoms with Crippen LogP contribution in [0.15, 0.2) is 74.4 Å². The number of phenols is 2. The molecule has 4 aromatic rings. The maximum absolute atomic E-state index is 12.0. The van der Waals surface area contributed by atoms with Crippen LogP contribution in [0.3, 0.4) is 0 Å². The molecule has 0 saturated carbocycles. The van der Waals surface area contributed by atoms with Gasteiger partial charge in [-0.05, 0) is 40.1 Å². The molecule has 4 rings (SSSR count). The summed E-state index contributed by atoms with van der Waals surface area (Å²) in [5.74, 6) is 0.202. The SMILES string of the molecule is O=C(CSc1nnc(SCc2cccc3ccccc23)s1)N/N=C/c1ccc(O)c(O)c1. The number of thioether (sulfide) groups is 2. The van der Waals surface area contributed by atoms with Crippen LogP contribution in [0.5, 0.6) is 11.5 Å². The third kappa shape index (κ3) is 5.78. The normalized spacial score (nSPS) is 11.2. The number of benzene rings is 3. The second-order valence-corrected chi connectivity index (χ2v) is 10.0. The summed E-state index contributed by atoms with van der Waals surface area (Å²) >= 11 is 4.38. The molecule has 0 fully saturated rings. The van der Waals surface area contributed by atoms with Crippen molar-refractivity contribution in [2.45, 2.75) is 14.4 Å². The van der Waals surface area contributed by atoms with Gasteiger partial charge in [-0.25, -0.2) is 5.43 Å². The van der Waals surface area contributed by atoms with Crippen LogP contribution in [0.25, 0.3) is 10.8 Å². The number of hydrogen-bond acceptors (Lipinski definition) is 9. The number of amides is 1. The summed E-state index contributed by atoms with van der Waals surface area (Å²) in [4.78, 5) is 12.0. The number of nitrogens with one attached hydrogen (secondary N) is 1. The van der Waals surface area contributed by atoms with E-state index in [1.165, 1.54) is 57.8 Å². The molecule has 0 unspecified atom stereocenters.